The summed E-state index contributed by atoms with van der Waals surface area (Å²) in [4.78, 5) is 16.6. The molecular weight excluding hydrogens is 212 g/mol. The van der Waals surface area contributed by atoms with Crippen molar-refractivity contribution in [2.75, 3.05) is 0 Å². The number of hydrogen-bond donors (Lipinski definition) is 0. The number of aromatic nitrogens is 2. The first-order valence-corrected chi connectivity index (χ1v) is 6.59. The van der Waals surface area contributed by atoms with Gasteiger partial charge in [0.2, 0.25) is 5.78 Å². The van der Waals surface area contributed by atoms with Crippen molar-refractivity contribution in [2.24, 2.45) is 11.3 Å². The Hall–Kier alpha value is -1.12. The van der Waals surface area contributed by atoms with Crippen LogP contribution in [0.4, 0.5) is 0 Å². The molecule has 2 rings (SSSR count). The zero-order valence-corrected chi connectivity index (χ0v) is 11.1. The molecule has 3 heteroatoms. The molecule has 94 valence electrons. The third-order valence-corrected chi connectivity index (χ3v) is 3.99. The molecule has 1 aliphatic carbocycles. The van der Waals surface area contributed by atoms with Gasteiger partial charge < -0.3 is 4.57 Å². The van der Waals surface area contributed by atoms with E-state index >= 15 is 0 Å². The summed E-state index contributed by atoms with van der Waals surface area (Å²) >= 11 is 0. The Kier molecular flexibility index (Phi) is 3.36. The first-order valence-electron chi connectivity index (χ1n) is 6.59. The van der Waals surface area contributed by atoms with Gasteiger partial charge in [-0.05, 0) is 38.0 Å². The Morgan fingerprint density at radius 1 is 1.47 bits per heavy atom. The maximum absolute atomic E-state index is 12.4. The van der Waals surface area contributed by atoms with Crippen LogP contribution in [0.5, 0.6) is 0 Å². The largest absolute Gasteiger partial charge is 0.329 e. The smallest absolute Gasteiger partial charge is 0.201 e. The minimum absolute atomic E-state index is 0.190. The number of hydrogen-bond acceptors (Lipinski definition) is 2. The van der Waals surface area contributed by atoms with E-state index in [-0.39, 0.29) is 11.7 Å². The number of carbonyl (C=O) groups is 1. The first kappa shape index (κ1) is 12.3. The highest BCUT2D eigenvalue weighted by atomic mass is 16.1. The van der Waals surface area contributed by atoms with E-state index in [0.717, 1.165) is 32.2 Å². The normalized spacial score (nSPS) is 20.4. The monoisotopic (exact) mass is 234 g/mol. The van der Waals surface area contributed by atoms with E-state index in [4.69, 9.17) is 0 Å². The number of imidazole rings is 1. The first-order chi connectivity index (χ1) is 8.03. The van der Waals surface area contributed by atoms with Crippen molar-refractivity contribution >= 4 is 5.78 Å². The van der Waals surface area contributed by atoms with Crippen molar-refractivity contribution in [3.05, 3.63) is 18.2 Å². The predicted octanol–water partition coefficient (Wildman–Crippen LogP) is 3.30. The van der Waals surface area contributed by atoms with Crippen molar-refractivity contribution in [1.82, 2.24) is 9.55 Å². The molecule has 0 aliphatic heterocycles. The van der Waals surface area contributed by atoms with Crippen LogP contribution < -0.4 is 0 Å². The van der Waals surface area contributed by atoms with Gasteiger partial charge in [0.05, 0.1) is 0 Å². The van der Waals surface area contributed by atoms with Crippen molar-refractivity contribution in [2.45, 2.75) is 53.0 Å². The SMILES string of the molecule is CCn1ccnc1C(=O)C1CCC(C)(C)CC1. The summed E-state index contributed by atoms with van der Waals surface area (Å²) in [6, 6.07) is 0. The summed E-state index contributed by atoms with van der Waals surface area (Å²) in [5.41, 5.74) is 0.414. The van der Waals surface area contributed by atoms with Crippen molar-refractivity contribution in [1.29, 1.82) is 0 Å². The Morgan fingerprint density at radius 2 is 2.12 bits per heavy atom. The lowest BCUT2D eigenvalue weighted by Crippen LogP contribution is -2.27. The third-order valence-electron chi connectivity index (χ3n) is 3.99. The molecule has 0 spiro atoms. The lowest BCUT2D eigenvalue weighted by atomic mass is 9.72. The van der Waals surface area contributed by atoms with E-state index in [9.17, 15) is 4.79 Å². The minimum atomic E-state index is 0.190. The Morgan fingerprint density at radius 3 is 2.71 bits per heavy atom. The van der Waals surface area contributed by atoms with Gasteiger partial charge in [-0.25, -0.2) is 4.98 Å². The minimum Gasteiger partial charge on any atom is -0.329 e. The van der Waals surface area contributed by atoms with Crippen LogP contribution in [-0.4, -0.2) is 15.3 Å². The highest BCUT2D eigenvalue weighted by Gasteiger charge is 2.32. The van der Waals surface area contributed by atoms with Gasteiger partial charge in [0, 0.05) is 24.9 Å². The van der Waals surface area contributed by atoms with Crippen LogP contribution in [0.15, 0.2) is 12.4 Å². The molecule has 0 N–H and O–H groups in total. The fourth-order valence-corrected chi connectivity index (χ4v) is 2.63. The number of aryl methyl sites for hydroxylation is 1. The van der Waals surface area contributed by atoms with Crippen LogP contribution in [0.1, 0.15) is 57.1 Å². The van der Waals surface area contributed by atoms with E-state index in [0.29, 0.717) is 11.2 Å². The van der Waals surface area contributed by atoms with Gasteiger partial charge in [0.1, 0.15) is 0 Å². The van der Waals surface area contributed by atoms with Crippen LogP contribution in [0.3, 0.4) is 0 Å². The van der Waals surface area contributed by atoms with Gasteiger partial charge in [0.25, 0.3) is 0 Å². The maximum Gasteiger partial charge on any atom is 0.201 e. The fourth-order valence-electron chi connectivity index (χ4n) is 2.63. The molecular formula is C14H22N2O. The van der Waals surface area contributed by atoms with Crippen LogP contribution >= 0.6 is 0 Å². The molecule has 17 heavy (non-hydrogen) atoms. The standard InChI is InChI=1S/C14H22N2O/c1-4-16-10-9-15-13(16)12(17)11-5-7-14(2,3)8-6-11/h9-11H,4-8H2,1-3H3. The lowest BCUT2D eigenvalue weighted by molar-refractivity contribution is 0.0823. The molecule has 1 aromatic rings. The van der Waals surface area contributed by atoms with Crippen molar-refractivity contribution in [3.8, 4) is 0 Å². The van der Waals surface area contributed by atoms with Gasteiger partial charge in [-0.3, -0.25) is 4.79 Å². The van der Waals surface area contributed by atoms with Crippen LogP contribution in [0.2, 0.25) is 0 Å². The van der Waals surface area contributed by atoms with Crippen LogP contribution in [0.25, 0.3) is 0 Å². The van der Waals surface area contributed by atoms with E-state index in [1.807, 2.05) is 17.7 Å². The number of ketones is 1. The summed E-state index contributed by atoms with van der Waals surface area (Å²) in [5, 5.41) is 0. The highest BCUT2D eigenvalue weighted by Crippen LogP contribution is 2.38. The van der Waals surface area contributed by atoms with Gasteiger partial charge in [0.15, 0.2) is 5.82 Å². The third kappa shape index (κ3) is 2.59. The molecule has 0 unspecified atom stereocenters. The van der Waals surface area contributed by atoms with Crippen molar-refractivity contribution < 1.29 is 4.79 Å². The number of carbonyl (C=O) groups excluding carboxylic acids is 1. The zero-order chi connectivity index (χ0) is 12.5. The molecule has 3 nitrogen and oxygen atoms in total. The number of rotatable bonds is 3. The molecule has 1 aliphatic rings. The highest BCUT2D eigenvalue weighted by molar-refractivity contribution is 5.94. The second-order valence-corrected chi connectivity index (χ2v) is 5.84. The average Bonchev–Trinajstić information content (AvgIpc) is 2.76. The second-order valence-electron chi connectivity index (χ2n) is 5.84. The van der Waals surface area contributed by atoms with E-state index < -0.39 is 0 Å². The molecule has 1 heterocycles. The lowest BCUT2D eigenvalue weighted by Gasteiger charge is -2.33. The molecule has 0 amide bonds. The Bertz CT molecular complexity index is 396. The summed E-state index contributed by atoms with van der Waals surface area (Å²) in [6.45, 7) is 7.45. The predicted molar refractivity (Wildman–Crippen MR) is 68.0 cm³/mol. The summed E-state index contributed by atoms with van der Waals surface area (Å²) in [7, 11) is 0. The molecule has 1 saturated carbocycles. The van der Waals surface area contributed by atoms with Crippen molar-refractivity contribution in [3.63, 3.8) is 0 Å². The molecule has 0 radical (unpaired) electrons. The second kappa shape index (κ2) is 4.63. The molecule has 0 atom stereocenters. The summed E-state index contributed by atoms with van der Waals surface area (Å²) in [5.74, 6) is 1.08. The Balaban J connectivity index is 2.07. The van der Waals surface area contributed by atoms with Gasteiger partial charge >= 0.3 is 0 Å². The summed E-state index contributed by atoms with van der Waals surface area (Å²) < 4.78 is 1.95. The zero-order valence-electron chi connectivity index (χ0n) is 11.1. The van der Waals surface area contributed by atoms with Gasteiger partial charge in [-0.2, -0.15) is 0 Å². The summed E-state index contributed by atoms with van der Waals surface area (Å²) in [6.07, 6.45) is 7.95. The van der Waals surface area contributed by atoms with Gasteiger partial charge in [-0.1, -0.05) is 13.8 Å². The fraction of sp³-hybridized carbons (Fsp3) is 0.714. The topological polar surface area (TPSA) is 34.9 Å². The van der Waals surface area contributed by atoms with Crippen LogP contribution in [-0.2, 0) is 6.54 Å². The molecule has 0 bridgehead atoms. The number of Topliss-reactive ketones (excluding diaryl/α,β-unsaturated/α-hetero) is 1. The van der Waals surface area contributed by atoms with Gasteiger partial charge in [-0.15, -0.1) is 0 Å². The average molecular weight is 234 g/mol. The Labute approximate surface area is 103 Å². The molecule has 0 aromatic carbocycles. The molecule has 1 fully saturated rings. The van der Waals surface area contributed by atoms with Crippen LogP contribution in [0, 0.1) is 11.3 Å². The van der Waals surface area contributed by atoms with E-state index in [1.54, 1.807) is 6.20 Å². The van der Waals surface area contributed by atoms with E-state index in [1.165, 1.54) is 0 Å². The quantitative estimate of drug-likeness (QED) is 0.752. The maximum atomic E-state index is 12.4. The molecule has 1 aromatic heterocycles. The van der Waals surface area contributed by atoms with E-state index in [2.05, 4.69) is 18.8 Å². The molecule has 0 saturated heterocycles. The number of nitrogens with zero attached hydrogens (tertiary/aromatic N) is 2.